The van der Waals surface area contributed by atoms with Crippen LogP contribution < -0.4 is 10.1 Å². The van der Waals surface area contributed by atoms with Crippen LogP contribution >= 0.6 is 15.9 Å². The summed E-state index contributed by atoms with van der Waals surface area (Å²) >= 11 is 3.51. The van der Waals surface area contributed by atoms with Crippen LogP contribution in [-0.2, 0) is 6.54 Å². The maximum Gasteiger partial charge on any atom is 0.119 e. The molecule has 0 aliphatic rings. The summed E-state index contributed by atoms with van der Waals surface area (Å²) in [6.45, 7) is 5.73. The first-order valence-corrected chi connectivity index (χ1v) is 7.69. The lowest BCUT2D eigenvalue weighted by molar-refractivity contribution is 0.340. The number of hydrogen-bond donors (Lipinski definition) is 1. The summed E-state index contributed by atoms with van der Waals surface area (Å²) in [5.41, 5.74) is 2.54. The Morgan fingerprint density at radius 2 is 1.90 bits per heavy atom. The van der Waals surface area contributed by atoms with Crippen LogP contribution in [0.15, 0.2) is 53.0 Å². The maximum absolute atomic E-state index is 5.44. The van der Waals surface area contributed by atoms with E-state index in [0.717, 1.165) is 16.8 Å². The van der Waals surface area contributed by atoms with E-state index in [4.69, 9.17) is 4.74 Å². The molecule has 0 unspecified atom stereocenters. The third-order valence-corrected chi connectivity index (χ3v) is 3.69. The quantitative estimate of drug-likeness (QED) is 0.827. The number of benzene rings is 2. The van der Waals surface area contributed by atoms with E-state index in [1.807, 2.05) is 25.1 Å². The van der Waals surface area contributed by atoms with Crippen LogP contribution in [0.1, 0.15) is 31.0 Å². The fourth-order valence-electron chi connectivity index (χ4n) is 2.03. The molecule has 0 radical (unpaired) electrons. The Morgan fingerprint density at radius 3 is 2.55 bits per heavy atom. The Kier molecular flexibility index (Phi) is 5.62. The van der Waals surface area contributed by atoms with Crippen LogP contribution in [0, 0.1) is 0 Å². The summed E-state index contributed by atoms with van der Waals surface area (Å²) in [6, 6.07) is 17.0. The van der Waals surface area contributed by atoms with Crippen molar-refractivity contribution >= 4 is 15.9 Å². The molecule has 0 saturated heterocycles. The second-order valence-electron chi connectivity index (χ2n) is 4.73. The average molecular weight is 334 g/mol. The summed E-state index contributed by atoms with van der Waals surface area (Å²) in [7, 11) is 0. The molecule has 2 aromatic rings. The standard InChI is InChI=1S/C17H20BrNO/c1-3-20-17-9-7-14(8-10-17)12-19-13(2)15-5-4-6-16(18)11-15/h4-11,13,19H,3,12H2,1-2H3/t13-/m0/s1. The van der Waals surface area contributed by atoms with Crippen molar-refractivity contribution in [3.63, 3.8) is 0 Å². The second-order valence-corrected chi connectivity index (χ2v) is 5.65. The van der Waals surface area contributed by atoms with Gasteiger partial charge in [-0.2, -0.15) is 0 Å². The van der Waals surface area contributed by atoms with Crippen molar-refractivity contribution < 1.29 is 4.74 Å². The van der Waals surface area contributed by atoms with Crippen LogP contribution in [0.4, 0.5) is 0 Å². The minimum atomic E-state index is 0.319. The minimum Gasteiger partial charge on any atom is -0.494 e. The predicted molar refractivity (Wildman–Crippen MR) is 87.0 cm³/mol. The largest absolute Gasteiger partial charge is 0.494 e. The highest BCUT2D eigenvalue weighted by Crippen LogP contribution is 2.18. The molecule has 0 spiro atoms. The molecule has 0 amide bonds. The highest BCUT2D eigenvalue weighted by molar-refractivity contribution is 9.10. The van der Waals surface area contributed by atoms with Crippen molar-refractivity contribution in [2.45, 2.75) is 26.4 Å². The Labute approximate surface area is 129 Å². The van der Waals surface area contributed by atoms with Crippen LogP contribution in [0.5, 0.6) is 5.75 Å². The number of nitrogens with one attached hydrogen (secondary N) is 1. The lowest BCUT2D eigenvalue weighted by Crippen LogP contribution is -2.18. The molecule has 0 saturated carbocycles. The van der Waals surface area contributed by atoms with Crippen molar-refractivity contribution in [3.8, 4) is 5.75 Å². The third-order valence-electron chi connectivity index (χ3n) is 3.20. The zero-order valence-electron chi connectivity index (χ0n) is 11.9. The number of hydrogen-bond acceptors (Lipinski definition) is 2. The van der Waals surface area contributed by atoms with Crippen molar-refractivity contribution in [1.82, 2.24) is 5.32 Å². The van der Waals surface area contributed by atoms with Crippen molar-refractivity contribution in [2.24, 2.45) is 0 Å². The summed E-state index contributed by atoms with van der Waals surface area (Å²) in [5, 5.41) is 3.53. The summed E-state index contributed by atoms with van der Waals surface area (Å²) in [5.74, 6) is 0.927. The first-order valence-electron chi connectivity index (χ1n) is 6.89. The van der Waals surface area contributed by atoms with Gasteiger partial charge in [0.2, 0.25) is 0 Å². The normalized spacial score (nSPS) is 12.2. The van der Waals surface area contributed by atoms with Crippen molar-refractivity contribution in [3.05, 3.63) is 64.1 Å². The highest BCUT2D eigenvalue weighted by Gasteiger charge is 2.05. The van der Waals surface area contributed by atoms with E-state index in [0.29, 0.717) is 12.6 Å². The SMILES string of the molecule is CCOc1ccc(CN[C@@H](C)c2cccc(Br)c2)cc1. The molecule has 106 valence electrons. The topological polar surface area (TPSA) is 21.3 Å². The van der Waals surface area contributed by atoms with Crippen molar-refractivity contribution in [1.29, 1.82) is 0 Å². The molecule has 0 bridgehead atoms. The van der Waals surface area contributed by atoms with Gasteiger partial charge in [-0.3, -0.25) is 0 Å². The van der Waals surface area contributed by atoms with E-state index in [9.17, 15) is 0 Å². The van der Waals surface area contributed by atoms with E-state index >= 15 is 0 Å². The minimum absolute atomic E-state index is 0.319. The molecule has 2 rings (SSSR count). The van der Waals surface area contributed by atoms with Gasteiger partial charge in [0.15, 0.2) is 0 Å². The van der Waals surface area contributed by atoms with Gasteiger partial charge in [-0.25, -0.2) is 0 Å². The molecule has 2 aromatic carbocycles. The van der Waals surface area contributed by atoms with Gasteiger partial charge in [-0.1, -0.05) is 40.2 Å². The van der Waals surface area contributed by atoms with Gasteiger partial charge in [0.05, 0.1) is 6.61 Å². The molecular weight excluding hydrogens is 314 g/mol. The van der Waals surface area contributed by atoms with E-state index in [-0.39, 0.29) is 0 Å². The van der Waals surface area contributed by atoms with Gasteiger partial charge in [0, 0.05) is 17.1 Å². The number of rotatable bonds is 6. The van der Waals surface area contributed by atoms with Crippen LogP contribution in [0.2, 0.25) is 0 Å². The van der Waals surface area contributed by atoms with Gasteiger partial charge < -0.3 is 10.1 Å². The average Bonchev–Trinajstić information content (AvgIpc) is 2.46. The van der Waals surface area contributed by atoms with Gasteiger partial charge in [-0.05, 0) is 49.2 Å². The number of ether oxygens (including phenoxy) is 1. The lowest BCUT2D eigenvalue weighted by atomic mass is 10.1. The molecule has 20 heavy (non-hydrogen) atoms. The monoisotopic (exact) mass is 333 g/mol. The van der Waals surface area contributed by atoms with Gasteiger partial charge in [0.1, 0.15) is 5.75 Å². The Balaban J connectivity index is 1.91. The maximum atomic E-state index is 5.44. The fraction of sp³-hybridized carbons (Fsp3) is 0.294. The Bertz CT molecular complexity index is 539. The molecule has 0 heterocycles. The first kappa shape index (κ1) is 15.1. The third kappa shape index (κ3) is 4.36. The molecule has 3 heteroatoms. The van der Waals surface area contributed by atoms with Gasteiger partial charge in [0.25, 0.3) is 0 Å². The van der Waals surface area contributed by atoms with E-state index < -0.39 is 0 Å². The predicted octanol–water partition coefficient (Wildman–Crippen LogP) is 4.70. The molecule has 0 aliphatic heterocycles. The Morgan fingerprint density at radius 1 is 1.15 bits per heavy atom. The van der Waals surface area contributed by atoms with Gasteiger partial charge >= 0.3 is 0 Å². The summed E-state index contributed by atoms with van der Waals surface area (Å²) in [4.78, 5) is 0. The van der Waals surface area contributed by atoms with Gasteiger partial charge in [-0.15, -0.1) is 0 Å². The molecule has 2 nitrogen and oxygen atoms in total. The highest BCUT2D eigenvalue weighted by atomic mass is 79.9. The summed E-state index contributed by atoms with van der Waals surface area (Å²) in [6.07, 6.45) is 0. The first-order chi connectivity index (χ1) is 9.69. The Hall–Kier alpha value is -1.32. The van der Waals surface area contributed by atoms with E-state index in [1.54, 1.807) is 0 Å². The molecule has 1 N–H and O–H groups in total. The van der Waals surface area contributed by atoms with Crippen molar-refractivity contribution in [2.75, 3.05) is 6.61 Å². The molecule has 1 atom stereocenters. The fourth-order valence-corrected chi connectivity index (χ4v) is 2.45. The molecule has 0 aliphatic carbocycles. The zero-order chi connectivity index (χ0) is 14.4. The smallest absolute Gasteiger partial charge is 0.119 e. The zero-order valence-corrected chi connectivity index (χ0v) is 13.5. The van der Waals surface area contributed by atoms with E-state index in [1.165, 1.54) is 11.1 Å². The van der Waals surface area contributed by atoms with E-state index in [2.05, 4.69) is 58.5 Å². The van der Waals surface area contributed by atoms with Crippen LogP contribution in [-0.4, -0.2) is 6.61 Å². The summed E-state index contributed by atoms with van der Waals surface area (Å²) < 4.78 is 6.56. The van der Waals surface area contributed by atoms with Crippen LogP contribution in [0.3, 0.4) is 0 Å². The molecular formula is C17H20BrNO. The number of halogens is 1. The molecule has 0 aromatic heterocycles. The lowest BCUT2D eigenvalue weighted by Gasteiger charge is -2.15. The molecule has 0 fully saturated rings. The second kappa shape index (κ2) is 7.46. The van der Waals surface area contributed by atoms with Crippen LogP contribution in [0.25, 0.3) is 0 Å².